The fourth-order valence-electron chi connectivity index (χ4n) is 1.87. The first-order valence-electron chi connectivity index (χ1n) is 7.59. The van der Waals surface area contributed by atoms with Gasteiger partial charge in [-0.15, -0.1) is 11.8 Å². The topological polar surface area (TPSA) is 32.3 Å². The molecule has 0 aliphatic rings. The molecule has 1 aromatic rings. The Balaban J connectivity index is 2.29. The van der Waals surface area contributed by atoms with Gasteiger partial charge < -0.3 is 10.4 Å². The number of hydrogen-bond donors (Lipinski definition) is 2. The summed E-state index contributed by atoms with van der Waals surface area (Å²) in [6.45, 7) is 7.83. The third-order valence-corrected chi connectivity index (χ3v) is 4.12. The molecule has 0 spiro atoms. The van der Waals surface area contributed by atoms with E-state index in [-0.39, 0.29) is 5.54 Å². The molecule has 0 unspecified atom stereocenters. The van der Waals surface area contributed by atoms with E-state index in [1.165, 1.54) is 29.1 Å². The average molecular weight is 295 g/mol. The Labute approximate surface area is 128 Å². The van der Waals surface area contributed by atoms with Gasteiger partial charge in [0.25, 0.3) is 0 Å². The zero-order valence-corrected chi connectivity index (χ0v) is 13.9. The predicted molar refractivity (Wildman–Crippen MR) is 89.3 cm³/mol. The third-order valence-electron chi connectivity index (χ3n) is 3.04. The number of nitrogens with one attached hydrogen (secondary N) is 1. The number of thioether (sulfide) groups is 1. The van der Waals surface area contributed by atoms with Crippen LogP contribution in [0.25, 0.3) is 0 Å². The molecule has 3 heteroatoms. The van der Waals surface area contributed by atoms with Gasteiger partial charge in [0.1, 0.15) is 0 Å². The van der Waals surface area contributed by atoms with Gasteiger partial charge in [0.15, 0.2) is 0 Å². The minimum absolute atomic E-state index is 0.163. The zero-order valence-electron chi connectivity index (χ0n) is 13.1. The standard InChI is InChI=1S/C17H29NOS/c1-17(2,3)18-14-15-9-8-10-16(13-15)20-12-7-5-4-6-11-19/h8-10,13,18-19H,4-7,11-12,14H2,1-3H3. The molecule has 114 valence electrons. The second-order valence-corrected chi connectivity index (χ2v) is 7.41. The number of aliphatic hydroxyl groups excluding tert-OH is 1. The lowest BCUT2D eigenvalue weighted by Gasteiger charge is -2.20. The molecule has 2 N–H and O–H groups in total. The molecule has 0 saturated carbocycles. The van der Waals surface area contributed by atoms with Crippen LogP contribution < -0.4 is 5.32 Å². The van der Waals surface area contributed by atoms with Crippen LogP contribution in [0.4, 0.5) is 0 Å². The molecule has 0 aliphatic heterocycles. The van der Waals surface area contributed by atoms with Crippen LogP contribution in [0.1, 0.15) is 52.0 Å². The van der Waals surface area contributed by atoms with Crippen molar-refractivity contribution in [3.8, 4) is 0 Å². The first-order chi connectivity index (χ1) is 9.51. The van der Waals surface area contributed by atoms with Crippen molar-refractivity contribution in [3.63, 3.8) is 0 Å². The molecule has 0 amide bonds. The van der Waals surface area contributed by atoms with Crippen molar-refractivity contribution >= 4 is 11.8 Å². The van der Waals surface area contributed by atoms with Crippen molar-refractivity contribution in [1.82, 2.24) is 5.32 Å². The largest absolute Gasteiger partial charge is 0.396 e. The number of rotatable bonds is 9. The van der Waals surface area contributed by atoms with Crippen molar-refractivity contribution in [2.75, 3.05) is 12.4 Å². The highest BCUT2D eigenvalue weighted by molar-refractivity contribution is 7.99. The van der Waals surface area contributed by atoms with E-state index < -0.39 is 0 Å². The maximum absolute atomic E-state index is 8.73. The Hall–Kier alpha value is -0.510. The van der Waals surface area contributed by atoms with E-state index in [0.717, 1.165) is 19.4 Å². The quantitative estimate of drug-likeness (QED) is 0.528. The van der Waals surface area contributed by atoms with Crippen molar-refractivity contribution in [1.29, 1.82) is 0 Å². The monoisotopic (exact) mass is 295 g/mol. The van der Waals surface area contributed by atoms with Crippen molar-refractivity contribution < 1.29 is 5.11 Å². The molecule has 0 saturated heterocycles. The van der Waals surface area contributed by atoms with E-state index in [2.05, 4.69) is 50.4 Å². The number of hydrogen-bond acceptors (Lipinski definition) is 3. The molecule has 0 heterocycles. The van der Waals surface area contributed by atoms with Crippen LogP contribution in [0.2, 0.25) is 0 Å². The fraction of sp³-hybridized carbons (Fsp3) is 0.647. The van der Waals surface area contributed by atoms with Crippen LogP contribution in [0.3, 0.4) is 0 Å². The van der Waals surface area contributed by atoms with Crippen LogP contribution in [0.5, 0.6) is 0 Å². The Morgan fingerprint density at radius 3 is 2.55 bits per heavy atom. The minimum Gasteiger partial charge on any atom is -0.396 e. The van der Waals surface area contributed by atoms with Gasteiger partial charge in [-0.2, -0.15) is 0 Å². The first kappa shape index (κ1) is 17.5. The van der Waals surface area contributed by atoms with Gasteiger partial charge >= 0.3 is 0 Å². The van der Waals surface area contributed by atoms with Crippen molar-refractivity contribution in [2.45, 2.75) is 63.4 Å². The predicted octanol–water partition coefficient (Wildman–Crippen LogP) is 4.22. The van der Waals surface area contributed by atoms with Gasteiger partial charge in [-0.25, -0.2) is 0 Å². The number of unbranched alkanes of at least 4 members (excludes halogenated alkanes) is 3. The van der Waals surface area contributed by atoms with Crippen LogP contribution in [-0.2, 0) is 6.54 Å². The Morgan fingerprint density at radius 1 is 1.10 bits per heavy atom. The van der Waals surface area contributed by atoms with E-state index in [4.69, 9.17) is 5.11 Å². The molecule has 0 bridgehead atoms. The van der Waals surface area contributed by atoms with E-state index in [0.29, 0.717) is 6.61 Å². The number of aliphatic hydroxyl groups is 1. The summed E-state index contributed by atoms with van der Waals surface area (Å²) in [6, 6.07) is 8.81. The smallest absolute Gasteiger partial charge is 0.0431 e. The normalized spacial score (nSPS) is 11.8. The molecular weight excluding hydrogens is 266 g/mol. The summed E-state index contributed by atoms with van der Waals surface area (Å²) < 4.78 is 0. The molecule has 1 aromatic carbocycles. The summed E-state index contributed by atoms with van der Waals surface area (Å²) in [5.74, 6) is 1.17. The average Bonchev–Trinajstić information content (AvgIpc) is 2.40. The molecule has 0 fully saturated rings. The highest BCUT2D eigenvalue weighted by Crippen LogP contribution is 2.21. The van der Waals surface area contributed by atoms with E-state index in [1.54, 1.807) is 0 Å². The summed E-state index contributed by atoms with van der Waals surface area (Å²) in [5.41, 5.74) is 1.51. The maximum Gasteiger partial charge on any atom is 0.0431 e. The van der Waals surface area contributed by atoms with E-state index in [1.807, 2.05) is 11.8 Å². The fourth-order valence-corrected chi connectivity index (χ4v) is 2.86. The summed E-state index contributed by atoms with van der Waals surface area (Å²) in [7, 11) is 0. The van der Waals surface area contributed by atoms with Crippen LogP contribution in [-0.4, -0.2) is 23.0 Å². The third kappa shape index (κ3) is 8.62. The molecule has 0 aromatic heterocycles. The lowest BCUT2D eigenvalue weighted by molar-refractivity contribution is 0.283. The van der Waals surface area contributed by atoms with Crippen LogP contribution in [0, 0.1) is 0 Å². The molecular formula is C17H29NOS. The van der Waals surface area contributed by atoms with Gasteiger partial charge in [-0.1, -0.05) is 25.0 Å². The Morgan fingerprint density at radius 2 is 1.85 bits per heavy atom. The van der Waals surface area contributed by atoms with Crippen LogP contribution >= 0.6 is 11.8 Å². The second kappa shape index (κ2) is 9.43. The van der Waals surface area contributed by atoms with Gasteiger partial charge in [0.05, 0.1) is 0 Å². The van der Waals surface area contributed by atoms with Crippen LogP contribution in [0.15, 0.2) is 29.2 Å². The summed E-state index contributed by atoms with van der Waals surface area (Å²) in [5, 5.41) is 12.3. The summed E-state index contributed by atoms with van der Waals surface area (Å²) >= 11 is 1.94. The first-order valence-corrected chi connectivity index (χ1v) is 8.57. The molecule has 0 radical (unpaired) electrons. The zero-order chi connectivity index (χ0) is 14.8. The number of benzene rings is 1. The molecule has 0 atom stereocenters. The summed E-state index contributed by atoms with van der Waals surface area (Å²) in [4.78, 5) is 1.36. The molecule has 20 heavy (non-hydrogen) atoms. The molecule has 2 nitrogen and oxygen atoms in total. The second-order valence-electron chi connectivity index (χ2n) is 6.24. The highest BCUT2D eigenvalue weighted by Gasteiger charge is 2.08. The van der Waals surface area contributed by atoms with E-state index in [9.17, 15) is 0 Å². The van der Waals surface area contributed by atoms with Gasteiger partial charge in [-0.3, -0.25) is 0 Å². The lowest BCUT2D eigenvalue weighted by Crippen LogP contribution is -2.35. The SMILES string of the molecule is CC(C)(C)NCc1cccc(SCCCCCCO)c1. The molecule has 1 rings (SSSR count). The van der Waals surface area contributed by atoms with Crippen molar-refractivity contribution in [2.24, 2.45) is 0 Å². The van der Waals surface area contributed by atoms with Gasteiger partial charge in [0.2, 0.25) is 0 Å². The van der Waals surface area contributed by atoms with Gasteiger partial charge in [0, 0.05) is 23.6 Å². The van der Waals surface area contributed by atoms with Gasteiger partial charge in [-0.05, 0) is 57.1 Å². The van der Waals surface area contributed by atoms with Crippen molar-refractivity contribution in [3.05, 3.63) is 29.8 Å². The lowest BCUT2D eigenvalue weighted by atomic mass is 10.1. The highest BCUT2D eigenvalue weighted by atomic mass is 32.2. The van der Waals surface area contributed by atoms with E-state index >= 15 is 0 Å². The Bertz CT molecular complexity index is 373. The summed E-state index contributed by atoms with van der Waals surface area (Å²) in [6.07, 6.45) is 4.54. The Kier molecular flexibility index (Phi) is 8.27. The minimum atomic E-state index is 0.163. The molecule has 0 aliphatic carbocycles. The maximum atomic E-state index is 8.73.